The van der Waals surface area contributed by atoms with Crippen LogP contribution in [-0.4, -0.2) is 31.1 Å². The van der Waals surface area contributed by atoms with Crippen LogP contribution in [0.1, 0.15) is 11.3 Å². The first kappa shape index (κ1) is 12.9. The van der Waals surface area contributed by atoms with Crippen LogP contribution in [0.5, 0.6) is 0 Å². The Kier molecular flexibility index (Phi) is 5.82. The standard InChI is InChI=1S/C12H17NO2S/c1-3-12(14)13(7-5-8-15-2)10-11-6-4-9-16-11/h3-4,6,9H,1,5,7-8,10H2,2H3. The molecule has 0 saturated carbocycles. The Balaban J connectivity index is 2.50. The molecule has 0 aliphatic rings. The van der Waals surface area contributed by atoms with Crippen molar-refractivity contribution >= 4 is 17.2 Å². The van der Waals surface area contributed by atoms with Gasteiger partial charge in [0, 0.05) is 25.1 Å². The zero-order chi connectivity index (χ0) is 11.8. The van der Waals surface area contributed by atoms with Crippen LogP contribution in [0.3, 0.4) is 0 Å². The third-order valence-electron chi connectivity index (χ3n) is 2.19. The predicted molar refractivity (Wildman–Crippen MR) is 66.4 cm³/mol. The number of amides is 1. The molecule has 0 unspecified atom stereocenters. The number of hydrogen-bond acceptors (Lipinski definition) is 3. The number of methoxy groups -OCH3 is 1. The molecule has 0 aromatic carbocycles. The summed E-state index contributed by atoms with van der Waals surface area (Å²) in [4.78, 5) is 14.6. The Labute approximate surface area is 100 Å². The lowest BCUT2D eigenvalue weighted by molar-refractivity contribution is -0.126. The van der Waals surface area contributed by atoms with E-state index in [1.165, 1.54) is 11.0 Å². The number of hydrogen-bond donors (Lipinski definition) is 0. The summed E-state index contributed by atoms with van der Waals surface area (Å²) in [7, 11) is 1.67. The quantitative estimate of drug-likeness (QED) is 0.540. The highest BCUT2D eigenvalue weighted by atomic mass is 32.1. The van der Waals surface area contributed by atoms with Crippen LogP contribution < -0.4 is 0 Å². The molecule has 0 fully saturated rings. The van der Waals surface area contributed by atoms with Crippen molar-refractivity contribution in [2.45, 2.75) is 13.0 Å². The lowest BCUT2D eigenvalue weighted by Crippen LogP contribution is -2.30. The molecule has 88 valence electrons. The van der Waals surface area contributed by atoms with E-state index in [1.807, 2.05) is 17.5 Å². The Bertz CT molecular complexity index is 322. The largest absolute Gasteiger partial charge is 0.385 e. The van der Waals surface area contributed by atoms with E-state index >= 15 is 0 Å². The van der Waals surface area contributed by atoms with Crippen molar-refractivity contribution in [3.05, 3.63) is 35.0 Å². The molecule has 0 atom stereocenters. The number of nitrogens with zero attached hydrogens (tertiary/aromatic N) is 1. The highest BCUT2D eigenvalue weighted by Gasteiger charge is 2.10. The highest BCUT2D eigenvalue weighted by molar-refractivity contribution is 7.09. The maximum Gasteiger partial charge on any atom is 0.246 e. The minimum Gasteiger partial charge on any atom is -0.385 e. The van der Waals surface area contributed by atoms with Crippen LogP contribution in [0.4, 0.5) is 0 Å². The first-order chi connectivity index (χ1) is 7.77. The summed E-state index contributed by atoms with van der Waals surface area (Å²) in [5, 5.41) is 2.01. The fourth-order valence-electron chi connectivity index (χ4n) is 1.39. The van der Waals surface area contributed by atoms with Gasteiger partial charge in [-0.05, 0) is 23.9 Å². The van der Waals surface area contributed by atoms with Crippen LogP contribution in [-0.2, 0) is 16.1 Å². The third kappa shape index (κ3) is 4.16. The summed E-state index contributed by atoms with van der Waals surface area (Å²) in [6, 6.07) is 4.02. The first-order valence-electron chi connectivity index (χ1n) is 5.20. The van der Waals surface area contributed by atoms with Crippen LogP contribution in [0.2, 0.25) is 0 Å². The molecular formula is C12H17NO2S. The van der Waals surface area contributed by atoms with Crippen molar-refractivity contribution in [2.75, 3.05) is 20.3 Å². The normalized spacial score (nSPS) is 10.1. The minimum absolute atomic E-state index is 0.0236. The van der Waals surface area contributed by atoms with Gasteiger partial charge in [-0.3, -0.25) is 4.79 Å². The second-order valence-corrected chi connectivity index (χ2v) is 4.42. The molecule has 0 spiro atoms. The van der Waals surface area contributed by atoms with Crippen molar-refractivity contribution < 1.29 is 9.53 Å². The Morgan fingerprint density at radius 2 is 2.50 bits per heavy atom. The number of carbonyl (C=O) groups is 1. The average molecular weight is 239 g/mol. The van der Waals surface area contributed by atoms with Gasteiger partial charge in [0.2, 0.25) is 5.91 Å². The van der Waals surface area contributed by atoms with Crippen molar-refractivity contribution in [2.24, 2.45) is 0 Å². The lowest BCUT2D eigenvalue weighted by atomic mass is 10.3. The molecular weight excluding hydrogens is 222 g/mol. The van der Waals surface area contributed by atoms with Gasteiger partial charge in [-0.2, -0.15) is 0 Å². The van der Waals surface area contributed by atoms with Crippen LogP contribution in [0.25, 0.3) is 0 Å². The molecule has 1 aromatic heterocycles. The second kappa shape index (κ2) is 7.19. The van der Waals surface area contributed by atoms with E-state index in [2.05, 4.69) is 6.58 Å². The summed E-state index contributed by atoms with van der Waals surface area (Å²) >= 11 is 1.66. The first-order valence-corrected chi connectivity index (χ1v) is 6.08. The van der Waals surface area contributed by atoms with Crippen molar-refractivity contribution in [1.29, 1.82) is 0 Å². The maximum absolute atomic E-state index is 11.6. The molecule has 3 nitrogen and oxygen atoms in total. The van der Waals surface area contributed by atoms with E-state index in [9.17, 15) is 4.79 Å². The van der Waals surface area contributed by atoms with Crippen molar-refractivity contribution in [3.8, 4) is 0 Å². The van der Waals surface area contributed by atoms with Crippen LogP contribution in [0.15, 0.2) is 30.2 Å². The second-order valence-electron chi connectivity index (χ2n) is 3.39. The summed E-state index contributed by atoms with van der Waals surface area (Å²) in [6.07, 6.45) is 2.21. The minimum atomic E-state index is -0.0236. The van der Waals surface area contributed by atoms with Gasteiger partial charge in [-0.15, -0.1) is 11.3 Å². The Morgan fingerprint density at radius 1 is 1.69 bits per heavy atom. The predicted octanol–water partition coefficient (Wildman–Crippen LogP) is 2.30. The molecule has 0 aliphatic heterocycles. The third-order valence-corrected chi connectivity index (χ3v) is 3.05. The fraction of sp³-hybridized carbons (Fsp3) is 0.417. The number of rotatable bonds is 7. The fourth-order valence-corrected chi connectivity index (χ4v) is 2.11. The van der Waals surface area contributed by atoms with Gasteiger partial charge in [0.1, 0.15) is 0 Å². The van der Waals surface area contributed by atoms with E-state index in [0.29, 0.717) is 19.7 Å². The van der Waals surface area contributed by atoms with Crippen LogP contribution >= 0.6 is 11.3 Å². The summed E-state index contributed by atoms with van der Waals surface area (Å²) in [5.41, 5.74) is 0. The van der Waals surface area contributed by atoms with E-state index in [0.717, 1.165) is 6.42 Å². The zero-order valence-electron chi connectivity index (χ0n) is 9.52. The van der Waals surface area contributed by atoms with Gasteiger partial charge in [-0.25, -0.2) is 0 Å². The molecule has 1 aromatic rings. The number of carbonyl (C=O) groups excluding carboxylic acids is 1. The smallest absolute Gasteiger partial charge is 0.246 e. The molecule has 0 bridgehead atoms. The molecule has 1 amide bonds. The SMILES string of the molecule is C=CC(=O)N(CCCOC)Cc1cccs1. The number of thiophene rings is 1. The topological polar surface area (TPSA) is 29.5 Å². The Morgan fingerprint density at radius 3 is 3.06 bits per heavy atom. The summed E-state index contributed by atoms with van der Waals surface area (Å²) in [6.45, 7) is 5.56. The van der Waals surface area contributed by atoms with E-state index < -0.39 is 0 Å². The lowest BCUT2D eigenvalue weighted by Gasteiger charge is -2.20. The van der Waals surface area contributed by atoms with Crippen molar-refractivity contribution in [1.82, 2.24) is 4.90 Å². The van der Waals surface area contributed by atoms with Gasteiger partial charge in [0.05, 0.1) is 6.54 Å². The highest BCUT2D eigenvalue weighted by Crippen LogP contribution is 2.12. The van der Waals surface area contributed by atoms with Gasteiger partial charge in [-0.1, -0.05) is 12.6 Å². The molecule has 0 N–H and O–H groups in total. The molecule has 4 heteroatoms. The van der Waals surface area contributed by atoms with Gasteiger partial charge < -0.3 is 9.64 Å². The summed E-state index contributed by atoms with van der Waals surface area (Å²) < 4.78 is 4.98. The van der Waals surface area contributed by atoms with Crippen molar-refractivity contribution in [3.63, 3.8) is 0 Å². The van der Waals surface area contributed by atoms with Crippen LogP contribution in [0, 0.1) is 0 Å². The molecule has 16 heavy (non-hydrogen) atoms. The molecule has 1 heterocycles. The molecule has 1 rings (SSSR count). The Hall–Kier alpha value is -1.13. The molecule has 0 radical (unpaired) electrons. The maximum atomic E-state index is 11.6. The van der Waals surface area contributed by atoms with E-state index in [1.54, 1.807) is 23.3 Å². The molecule has 0 saturated heterocycles. The monoisotopic (exact) mass is 239 g/mol. The van der Waals surface area contributed by atoms with E-state index in [4.69, 9.17) is 4.74 Å². The summed E-state index contributed by atoms with van der Waals surface area (Å²) in [5.74, 6) is -0.0236. The average Bonchev–Trinajstić information content (AvgIpc) is 2.80. The van der Waals surface area contributed by atoms with Gasteiger partial charge in [0.15, 0.2) is 0 Å². The van der Waals surface area contributed by atoms with Gasteiger partial charge >= 0.3 is 0 Å². The number of ether oxygens (including phenoxy) is 1. The zero-order valence-corrected chi connectivity index (χ0v) is 10.3. The van der Waals surface area contributed by atoms with E-state index in [-0.39, 0.29) is 5.91 Å². The van der Waals surface area contributed by atoms with Gasteiger partial charge in [0.25, 0.3) is 0 Å². The molecule has 0 aliphatic carbocycles.